The van der Waals surface area contributed by atoms with Gasteiger partial charge in [-0.05, 0) is 19.1 Å². The highest BCUT2D eigenvalue weighted by Crippen LogP contribution is 2.32. The fourth-order valence-corrected chi connectivity index (χ4v) is 1.59. The van der Waals surface area contributed by atoms with Crippen molar-refractivity contribution in [2.75, 3.05) is 6.61 Å². The van der Waals surface area contributed by atoms with Gasteiger partial charge in [0.25, 0.3) is 0 Å². The number of halogens is 2. The Hall–Kier alpha value is -2.22. The zero-order valence-corrected chi connectivity index (χ0v) is 10.5. The number of hydrogen-bond acceptors (Lipinski definition) is 5. The molecule has 0 saturated carbocycles. The molecule has 0 spiro atoms. The number of carbonyl (C=O) groups is 2. The van der Waals surface area contributed by atoms with Crippen LogP contribution in [-0.2, 0) is 9.53 Å². The molecule has 0 radical (unpaired) electrons. The van der Waals surface area contributed by atoms with Gasteiger partial charge in [0.1, 0.15) is 17.1 Å². The van der Waals surface area contributed by atoms with Crippen LogP contribution < -0.4 is 5.73 Å². The Bertz CT molecular complexity index is 535. The van der Waals surface area contributed by atoms with Crippen LogP contribution in [0.15, 0.2) is 12.1 Å². The van der Waals surface area contributed by atoms with Crippen molar-refractivity contribution in [2.24, 2.45) is 5.73 Å². The van der Waals surface area contributed by atoms with E-state index in [-0.39, 0.29) is 6.61 Å². The molecule has 20 heavy (non-hydrogen) atoms. The molecule has 0 aliphatic carbocycles. The maximum Gasteiger partial charge on any atom is 0.342 e. The predicted molar refractivity (Wildman–Crippen MR) is 63.5 cm³/mol. The van der Waals surface area contributed by atoms with Gasteiger partial charge in [0, 0.05) is 0 Å². The Labute approximate surface area is 112 Å². The molecule has 8 heteroatoms. The first-order chi connectivity index (χ1) is 9.31. The molecule has 1 aromatic rings. The summed E-state index contributed by atoms with van der Waals surface area (Å²) in [4.78, 5) is 22.0. The van der Waals surface area contributed by atoms with Crippen molar-refractivity contribution < 1.29 is 33.3 Å². The summed E-state index contributed by atoms with van der Waals surface area (Å²) < 4.78 is 31.7. The number of aromatic hydroxyl groups is 1. The molecule has 0 saturated heterocycles. The van der Waals surface area contributed by atoms with Crippen LogP contribution in [0.1, 0.15) is 28.9 Å². The monoisotopic (exact) mass is 289 g/mol. The van der Waals surface area contributed by atoms with Crippen LogP contribution in [0.3, 0.4) is 0 Å². The third kappa shape index (κ3) is 3.02. The topological polar surface area (TPSA) is 110 Å². The van der Waals surface area contributed by atoms with Crippen LogP contribution in [0.25, 0.3) is 0 Å². The minimum Gasteiger partial charge on any atom is -0.507 e. The molecule has 0 bridgehead atoms. The quantitative estimate of drug-likeness (QED) is 0.701. The van der Waals surface area contributed by atoms with Crippen molar-refractivity contribution in [2.45, 2.75) is 19.1 Å². The molecule has 110 valence electrons. The van der Waals surface area contributed by atoms with E-state index in [1.165, 1.54) is 6.92 Å². The SMILES string of the molecule is CCOC(=O)C(F)[C@@H](N)c1c(F)ccc(C(=O)O)c1O. The van der Waals surface area contributed by atoms with Crippen LogP contribution in [-0.4, -0.2) is 34.9 Å². The highest BCUT2D eigenvalue weighted by Gasteiger charge is 2.33. The van der Waals surface area contributed by atoms with Crippen LogP contribution in [0, 0.1) is 5.82 Å². The molecule has 1 unspecified atom stereocenters. The average molecular weight is 289 g/mol. The van der Waals surface area contributed by atoms with E-state index in [4.69, 9.17) is 10.8 Å². The van der Waals surface area contributed by atoms with Crippen molar-refractivity contribution in [3.05, 3.63) is 29.1 Å². The van der Waals surface area contributed by atoms with Crippen LogP contribution >= 0.6 is 0 Å². The molecule has 0 amide bonds. The summed E-state index contributed by atoms with van der Waals surface area (Å²) >= 11 is 0. The number of aromatic carboxylic acids is 1. The van der Waals surface area contributed by atoms with Crippen LogP contribution in [0.2, 0.25) is 0 Å². The van der Waals surface area contributed by atoms with Crippen molar-refractivity contribution in [1.29, 1.82) is 0 Å². The van der Waals surface area contributed by atoms with E-state index in [1.807, 2.05) is 0 Å². The first-order valence-corrected chi connectivity index (χ1v) is 5.62. The van der Waals surface area contributed by atoms with Gasteiger partial charge in [-0.1, -0.05) is 0 Å². The van der Waals surface area contributed by atoms with Crippen molar-refractivity contribution in [3.8, 4) is 5.75 Å². The average Bonchev–Trinajstić information content (AvgIpc) is 2.37. The second-order valence-corrected chi connectivity index (χ2v) is 3.84. The van der Waals surface area contributed by atoms with Crippen LogP contribution in [0.5, 0.6) is 5.75 Å². The lowest BCUT2D eigenvalue weighted by Crippen LogP contribution is -2.32. The molecule has 0 fully saturated rings. The molecule has 0 aromatic heterocycles. The maximum atomic E-state index is 13.7. The lowest BCUT2D eigenvalue weighted by atomic mass is 9.98. The second-order valence-electron chi connectivity index (χ2n) is 3.84. The Morgan fingerprint density at radius 3 is 2.55 bits per heavy atom. The number of carboxylic acid groups (broad SMARTS) is 1. The standard InChI is InChI=1S/C12H13F2NO5/c1-2-20-12(19)8(14)9(15)7-6(13)4-3-5(10(7)16)11(17)18/h3-4,8-9,16H,2,15H2,1H3,(H,17,18)/t8?,9-/m0/s1. The number of phenols is 1. The van der Waals surface area contributed by atoms with Gasteiger partial charge in [0.2, 0.25) is 6.17 Å². The third-order valence-electron chi connectivity index (χ3n) is 2.55. The molecule has 0 heterocycles. The summed E-state index contributed by atoms with van der Waals surface area (Å²) in [6.45, 7) is 1.34. The molecular weight excluding hydrogens is 276 g/mol. The zero-order chi connectivity index (χ0) is 15.4. The van der Waals surface area contributed by atoms with E-state index in [0.717, 1.165) is 12.1 Å². The Morgan fingerprint density at radius 1 is 1.45 bits per heavy atom. The second kappa shape index (κ2) is 6.29. The largest absolute Gasteiger partial charge is 0.507 e. The van der Waals surface area contributed by atoms with Gasteiger partial charge >= 0.3 is 11.9 Å². The number of rotatable bonds is 5. The first kappa shape index (κ1) is 15.8. The maximum absolute atomic E-state index is 13.7. The van der Waals surface area contributed by atoms with E-state index < -0.39 is 46.8 Å². The molecule has 6 nitrogen and oxygen atoms in total. The van der Waals surface area contributed by atoms with Gasteiger partial charge in [-0.15, -0.1) is 0 Å². The number of carbonyl (C=O) groups excluding carboxylic acids is 1. The number of carboxylic acids is 1. The van der Waals surface area contributed by atoms with Crippen molar-refractivity contribution >= 4 is 11.9 Å². The Balaban J connectivity index is 3.21. The molecule has 1 aromatic carbocycles. The number of alkyl halides is 1. The summed E-state index contributed by atoms with van der Waals surface area (Å²) in [5.41, 5.74) is 3.94. The van der Waals surface area contributed by atoms with Gasteiger partial charge < -0.3 is 20.7 Å². The number of nitrogens with two attached hydrogens (primary N) is 1. The van der Waals surface area contributed by atoms with Gasteiger partial charge in [-0.25, -0.2) is 18.4 Å². The third-order valence-corrected chi connectivity index (χ3v) is 2.55. The minimum atomic E-state index is -2.43. The number of ether oxygens (including phenoxy) is 1. The summed E-state index contributed by atoms with van der Waals surface area (Å²) in [6.07, 6.45) is -2.43. The summed E-state index contributed by atoms with van der Waals surface area (Å²) in [6, 6.07) is -0.356. The van der Waals surface area contributed by atoms with E-state index in [9.17, 15) is 23.5 Å². The highest BCUT2D eigenvalue weighted by atomic mass is 19.1. The van der Waals surface area contributed by atoms with Crippen molar-refractivity contribution in [1.82, 2.24) is 0 Å². The summed E-state index contributed by atoms with van der Waals surface area (Å²) in [7, 11) is 0. The van der Waals surface area contributed by atoms with E-state index in [2.05, 4.69) is 4.74 Å². The van der Waals surface area contributed by atoms with E-state index in [0.29, 0.717) is 0 Å². The zero-order valence-electron chi connectivity index (χ0n) is 10.5. The van der Waals surface area contributed by atoms with Gasteiger partial charge in [-0.2, -0.15) is 0 Å². The fourth-order valence-electron chi connectivity index (χ4n) is 1.59. The molecular formula is C12H13F2NO5. The summed E-state index contributed by atoms with van der Waals surface area (Å²) in [5, 5.41) is 18.4. The van der Waals surface area contributed by atoms with E-state index >= 15 is 0 Å². The number of hydrogen-bond donors (Lipinski definition) is 3. The Kier molecular flexibility index (Phi) is 4.98. The fraction of sp³-hybridized carbons (Fsp3) is 0.333. The van der Waals surface area contributed by atoms with Gasteiger partial charge in [-0.3, -0.25) is 0 Å². The highest BCUT2D eigenvalue weighted by molar-refractivity contribution is 5.91. The first-order valence-electron chi connectivity index (χ1n) is 5.62. The van der Waals surface area contributed by atoms with Gasteiger partial charge in [0.05, 0.1) is 18.2 Å². The molecule has 4 N–H and O–H groups in total. The number of esters is 1. The normalized spacial score (nSPS) is 13.6. The molecule has 0 aliphatic heterocycles. The molecule has 0 aliphatic rings. The lowest BCUT2D eigenvalue weighted by molar-refractivity contribution is -0.150. The van der Waals surface area contributed by atoms with Crippen molar-refractivity contribution in [3.63, 3.8) is 0 Å². The molecule has 2 atom stereocenters. The summed E-state index contributed by atoms with van der Waals surface area (Å²) in [5.74, 6) is -4.99. The van der Waals surface area contributed by atoms with E-state index in [1.54, 1.807) is 0 Å². The van der Waals surface area contributed by atoms with Gasteiger partial charge in [0.15, 0.2) is 0 Å². The smallest absolute Gasteiger partial charge is 0.342 e. The minimum absolute atomic E-state index is 0.102. The lowest BCUT2D eigenvalue weighted by Gasteiger charge is -2.18. The molecule has 1 rings (SSSR count). The number of benzene rings is 1. The predicted octanol–water partition coefficient (Wildman–Crippen LogP) is 1.13. The Morgan fingerprint density at radius 2 is 2.05 bits per heavy atom. The van der Waals surface area contributed by atoms with Crippen LogP contribution in [0.4, 0.5) is 8.78 Å².